The minimum absolute atomic E-state index is 0.744. The van der Waals surface area contributed by atoms with Crippen LogP contribution in [0.4, 0.5) is 0 Å². The molecule has 0 amide bonds. The molecule has 32 rings (SSSR count). The Morgan fingerprint density at radius 2 is 0.575 bits per heavy atom. The minimum Gasteiger partial charge on any atom is -0.0651 e. The van der Waals surface area contributed by atoms with Crippen LogP contribution >= 0.6 is 0 Å². The van der Waals surface area contributed by atoms with Crippen molar-refractivity contribution in [2.45, 2.75) is 418 Å². The van der Waals surface area contributed by atoms with E-state index in [-0.39, 0.29) is 0 Å². The molecule has 0 aliphatic heterocycles. The van der Waals surface area contributed by atoms with Crippen molar-refractivity contribution < 1.29 is 0 Å². The van der Waals surface area contributed by atoms with Crippen LogP contribution in [-0.4, -0.2) is 0 Å². The maximum atomic E-state index is 2.69. The van der Waals surface area contributed by atoms with E-state index in [2.05, 4.69) is 96.9 Å². The molecule has 30 bridgehead atoms. The topological polar surface area (TPSA) is 0 Å². The first-order valence-corrected chi connectivity index (χ1v) is 50.8. The van der Waals surface area contributed by atoms with Gasteiger partial charge in [0.2, 0.25) is 0 Å². The highest BCUT2D eigenvalue weighted by molar-refractivity contribution is 5.23. The second-order valence-corrected chi connectivity index (χ2v) is 52.1. The molecule has 0 heteroatoms. The van der Waals surface area contributed by atoms with E-state index < -0.39 is 0 Å². The summed E-state index contributed by atoms with van der Waals surface area (Å²) in [4.78, 5) is 0. The van der Waals surface area contributed by atoms with Gasteiger partial charge in [0.05, 0.1) is 0 Å². The van der Waals surface area contributed by atoms with Gasteiger partial charge in [0.1, 0.15) is 0 Å². The highest BCUT2D eigenvalue weighted by atomic mass is 14.8. The smallest absolute Gasteiger partial charge is 0.0230 e. The maximum absolute atomic E-state index is 2.69. The van der Waals surface area contributed by atoms with E-state index in [0.29, 0.717) is 0 Å². The summed E-state index contributed by atoms with van der Waals surface area (Å²) in [5.74, 6) is 36.4. The Morgan fingerprint density at radius 1 is 0.226 bits per heavy atom. The van der Waals surface area contributed by atoms with Gasteiger partial charge >= 0.3 is 0 Å². The van der Waals surface area contributed by atoms with Crippen molar-refractivity contribution in [2.75, 3.05) is 0 Å². The Bertz CT molecular complexity index is 2930. The summed E-state index contributed by atoms with van der Waals surface area (Å²) in [7, 11) is 0. The third kappa shape index (κ3) is 12.0. The van der Waals surface area contributed by atoms with Crippen LogP contribution in [0.15, 0.2) is 0 Å². The number of hydrogen-bond donors (Lipinski definition) is 0. The molecule has 0 radical (unpaired) electrons. The molecule has 32 aliphatic carbocycles. The Kier molecular flexibility index (Phi) is 18.9. The van der Waals surface area contributed by atoms with Gasteiger partial charge in [-0.3, -0.25) is 0 Å². The van der Waals surface area contributed by atoms with E-state index >= 15 is 0 Å². The molecule has 26 unspecified atom stereocenters. The van der Waals surface area contributed by atoms with Crippen molar-refractivity contribution in [2.24, 2.45) is 244 Å². The van der Waals surface area contributed by atoms with E-state index in [9.17, 15) is 0 Å². The van der Waals surface area contributed by atoms with Crippen LogP contribution in [0.25, 0.3) is 0 Å². The van der Waals surface area contributed by atoms with Crippen LogP contribution in [-0.2, 0) is 0 Å². The molecule has 106 heavy (non-hydrogen) atoms. The summed E-state index contributed by atoms with van der Waals surface area (Å²) < 4.78 is 0. The SMILES string of the molecule is CC12CC3CC(C1)CC(C)(C3)C2.CC12CC3CC(C1)CC(C14CC5CC(CC(C)(C5)C1)C4)(C3)C2.CC12CC3CC4C1CC1CC2C(C3)C4(C)C1.CCC12CC3CC(C1)CC(CC)(C3)C2.CCC1CC2C3CC(CC)C(C3)C2C1.CCC1CC2CC1C1C(CC)CCC21.CCC1CC2CC1C1CCC(CC)C21. The largest absolute Gasteiger partial charge is 0.0651 e. The molecule has 0 aromatic carbocycles. The first-order chi connectivity index (χ1) is 50.8. The molecule has 0 saturated heterocycles. The number of rotatable bonds is 9. The average molecular weight is 1450 g/mol. The van der Waals surface area contributed by atoms with E-state index in [1.807, 2.05) is 0 Å². The second-order valence-electron chi connectivity index (χ2n) is 52.1. The van der Waals surface area contributed by atoms with E-state index in [1.54, 1.807) is 263 Å². The van der Waals surface area contributed by atoms with Gasteiger partial charge in [-0.2, -0.15) is 0 Å². The summed E-state index contributed by atoms with van der Waals surface area (Å²) in [6, 6.07) is 0. The predicted molar refractivity (Wildman–Crippen MR) is 446 cm³/mol. The van der Waals surface area contributed by atoms with Crippen molar-refractivity contribution in [3.8, 4) is 0 Å². The van der Waals surface area contributed by atoms with Crippen LogP contribution in [0.5, 0.6) is 0 Å². The molecule has 0 nitrogen and oxygen atoms in total. The zero-order chi connectivity index (χ0) is 72.8. The third-order valence-electron chi connectivity index (χ3n) is 45.9. The number of hydrogen-bond acceptors (Lipinski definition) is 0. The lowest BCUT2D eigenvalue weighted by molar-refractivity contribution is -0.286. The zero-order valence-corrected chi connectivity index (χ0v) is 72.8. The monoisotopic (exact) mass is 1450 g/mol. The molecule has 0 aromatic heterocycles. The standard InChI is InChI=1S/C22H34.C16H24.4C14H24.C12H20/c1-19-5-15-3-16(6-19)10-21(9-15,13-19)22-11-17-4-18(12-22)8-20(2,7-17)14-22;1-15-7-9-5-13-11(15)3-10-4-12(15)14(6-9)16(13,2)8-10;1-3-13-6-11-5-12(7-13)9-14(4-2,8-11)10-13;1-3-9-5-12-11-7-10(4-2)13(8-11)14(12)6-9;1-3-9-5-6-12-13-8-11(14(9)12)7-10(13)4-2;1-3-9-5-6-12-11-7-10(4-2)13(8-11)14(9)12;1-11-4-9-3-10(5-11)7-12(2,6-9)8-11/h15-18H,3-14H2,1-2H3;9-14H,3-8H2,1-2H3;11-12H,3-10H2,1-2H3;3*9-14H,3-8H2,1-2H3;9-10H,3-8H2,1-2H3. The molecule has 0 N–H and O–H groups in total. The van der Waals surface area contributed by atoms with Crippen LogP contribution < -0.4 is 0 Å². The van der Waals surface area contributed by atoms with Crippen LogP contribution in [0.1, 0.15) is 418 Å². The van der Waals surface area contributed by atoms with Gasteiger partial charge in [0, 0.05) is 0 Å². The van der Waals surface area contributed by atoms with Crippen LogP contribution in [0.3, 0.4) is 0 Å². The molecule has 32 saturated carbocycles. The van der Waals surface area contributed by atoms with Gasteiger partial charge in [-0.15, -0.1) is 0 Å². The fourth-order valence-electron chi connectivity index (χ4n) is 45.1. The molecule has 598 valence electrons. The molecule has 32 fully saturated rings. The fraction of sp³-hybridized carbons (Fsp3) is 1.00. The first-order valence-electron chi connectivity index (χ1n) is 50.8. The quantitative estimate of drug-likeness (QED) is 0.216. The molecule has 0 heterocycles. The summed E-state index contributed by atoms with van der Waals surface area (Å²) in [5, 5.41) is 0. The van der Waals surface area contributed by atoms with Gasteiger partial charge in [0.15, 0.2) is 0 Å². The Morgan fingerprint density at radius 3 is 0.991 bits per heavy atom. The van der Waals surface area contributed by atoms with Gasteiger partial charge in [-0.1, -0.05) is 148 Å². The summed E-state index contributed by atoms with van der Waals surface area (Å²) in [6.45, 7) is 35.2. The molecule has 0 spiro atoms. The van der Waals surface area contributed by atoms with E-state index in [1.165, 1.54) is 93.3 Å². The molecule has 0 aromatic rings. The normalized spacial score (nSPS) is 61.5. The van der Waals surface area contributed by atoms with Crippen molar-refractivity contribution in [3.63, 3.8) is 0 Å². The van der Waals surface area contributed by atoms with Gasteiger partial charge < -0.3 is 0 Å². The lowest BCUT2D eigenvalue weighted by Crippen LogP contribution is -2.70. The highest BCUT2D eigenvalue weighted by Gasteiger charge is 2.73. The van der Waals surface area contributed by atoms with E-state index in [0.717, 1.165) is 208 Å². The van der Waals surface area contributed by atoms with Gasteiger partial charge in [-0.05, 0) is 513 Å². The first kappa shape index (κ1) is 74.8. The van der Waals surface area contributed by atoms with Crippen LogP contribution in [0, 0.1) is 244 Å². The van der Waals surface area contributed by atoms with Crippen molar-refractivity contribution in [1.29, 1.82) is 0 Å². The molecular formula is C106H174. The fourth-order valence-corrected chi connectivity index (χ4v) is 45.1. The molecule has 32 aliphatic rings. The molecular weight excluding hydrogens is 1270 g/mol. The Labute approximate surface area is 657 Å². The summed E-state index contributed by atoms with van der Waals surface area (Å²) in [6.07, 6.45) is 78.7. The average Bonchev–Trinajstić information content (AvgIpc) is 0.812. The second kappa shape index (κ2) is 26.8. The maximum Gasteiger partial charge on any atom is -0.0230 e. The third-order valence-corrected chi connectivity index (χ3v) is 45.9. The highest BCUT2D eigenvalue weighted by Crippen LogP contribution is 2.82. The zero-order valence-electron chi connectivity index (χ0n) is 72.8. The van der Waals surface area contributed by atoms with Crippen molar-refractivity contribution in [3.05, 3.63) is 0 Å². The predicted octanol–water partition coefficient (Wildman–Crippen LogP) is 30.6. The van der Waals surface area contributed by atoms with Gasteiger partial charge in [0.25, 0.3) is 0 Å². The van der Waals surface area contributed by atoms with Gasteiger partial charge in [-0.25, -0.2) is 0 Å². The lowest BCUT2D eigenvalue weighted by Gasteiger charge is -2.77. The van der Waals surface area contributed by atoms with E-state index in [4.69, 9.17) is 0 Å². The van der Waals surface area contributed by atoms with Crippen molar-refractivity contribution >= 4 is 0 Å². The Balaban J connectivity index is 0.0000000826. The number of fused-ring (bicyclic) bond motifs is 15. The summed E-state index contributed by atoms with van der Waals surface area (Å²) in [5.41, 5.74) is 7.82. The lowest BCUT2D eigenvalue weighted by atomic mass is 9.27. The van der Waals surface area contributed by atoms with Crippen molar-refractivity contribution in [1.82, 2.24) is 0 Å². The minimum atomic E-state index is 0.744. The summed E-state index contributed by atoms with van der Waals surface area (Å²) >= 11 is 0. The molecule has 26 atom stereocenters. The Hall–Kier alpha value is 0. The van der Waals surface area contributed by atoms with Crippen LogP contribution in [0.2, 0.25) is 0 Å².